The van der Waals surface area contributed by atoms with Gasteiger partial charge in [0.15, 0.2) is 0 Å². The summed E-state index contributed by atoms with van der Waals surface area (Å²) in [6.07, 6.45) is 1.97. The van der Waals surface area contributed by atoms with E-state index in [4.69, 9.17) is 4.74 Å². The molecule has 0 bridgehead atoms. The van der Waals surface area contributed by atoms with Crippen LogP contribution in [-0.2, 0) is 0 Å². The average molecular weight is 455 g/mol. The summed E-state index contributed by atoms with van der Waals surface area (Å²) in [4.78, 5) is 30.6. The average Bonchev–Trinajstić information content (AvgIpc) is 3.38. The number of ether oxygens (including phenoxy) is 1. The summed E-state index contributed by atoms with van der Waals surface area (Å²) in [6.45, 7) is 0. The van der Waals surface area contributed by atoms with Crippen LogP contribution in [0.4, 0.5) is 11.6 Å². The fourth-order valence-corrected chi connectivity index (χ4v) is 4.38. The molecule has 9 nitrogen and oxygen atoms in total. The summed E-state index contributed by atoms with van der Waals surface area (Å²) in [7, 11) is 1.60. The molecule has 1 amide bonds. The Bertz CT molecular complexity index is 1340. The van der Waals surface area contributed by atoms with Gasteiger partial charge in [-0.2, -0.15) is 10.1 Å². The van der Waals surface area contributed by atoms with Crippen molar-refractivity contribution in [3.63, 3.8) is 0 Å². The first-order valence-corrected chi connectivity index (χ1v) is 10.7. The number of aromatic nitrogens is 3. The fraction of sp³-hybridized carbons (Fsp3) is 0.160. The van der Waals surface area contributed by atoms with Crippen molar-refractivity contribution in [3.05, 3.63) is 112 Å². The van der Waals surface area contributed by atoms with Gasteiger partial charge >= 0.3 is 0 Å². The lowest BCUT2D eigenvalue weighted by Crippen LogP contribution is -2.42. The highest BCUT2D eigenvalue weighted by molar-refractivity contribution is 6.06. The molecule has 0 aliphatic carbocycles. The fourth-order valence-electron chi connectivity index (χ4n) is 4.38. The number of nitrogens with zero attached hydrogens (tertiary/aromatic N) is 5. The van der Waals surface area contributed by atoms with Gasteiger partial charge in [-0.15, -0.1) is 0 Å². The topological polar surface area (TPSA) is 103 Å². The van der Waals surface area contributed by atoms with Gasteiger partial charge in [0.05, 0.1) is 24.1 Å². The van der Waals surface area contributed by atoms with Crippen molar-refractivity contribution >= 4 is 17.5 Å². The zero-order chi connectivity index (χ0) is 23.7. The number of anilines is 1. The summed E-state index contributed by atoms with van der Waals surface area (Å²) < 4.78 is 7.04. The van der Waals surface area contributed by atoms with Gasteiger partial charge in [-0.1, -0.05) is 48.5 Å². The molecule has 4 aromatic rings. The molecule has 2 atom stereocenters. The second-order valence-corrected chi connectivity index (χ2v) is 7.94. The molecule has 9 heteroatoms. The zero-order valence-corrected chi connectivity index (χ0v) is 18.3. The minimum atomic E-state index is -0.512. The Morgan fingerprint density at radius 2 is 1.74 bits per heavy atom. The van der Waals surface area contributed by atoms with Crippen LogP contribution in [0, 0.1) is 10.1 Å². The maximum Gasteiger partial charge on any atom is 0.270 e. The van der Waals surface area contributed by atoms with Crippen molar-refractivity contribution in [3.8, 4) is 5.75 Å². The van der Waals surface area contributed by atoms with Crippen LogP contribution in [0.5, 0.6) is 5.75 Å². The molecule has 2 heterocycles. The molecule has 0 N–H and O–H groups in total. The van der Waals surface area contributed by atoms with Gasteiger partial charge in [0.2, 0.25) is 5.95 Å². The van der Waals surface area contributed by atoms with Gasteiger partial charge in [-0.05, 0) is 35.7 Å². The number of nitro groups is 1. The number of hydrogen-bond donors (Lipinski definition) is 0. The minimum Gasteiger partial charge on any atom is -0.497 e. The van der Waals surface area contributed by atoms with Crippen LogP contribution < -0.4 is 9.64 Å². The molecule has 1 aliphatic rings. The van der Waals surface area contributed by atoms with E-state index in [9.17, 15) is 14.9 Å². The van der Waals surface area contributed by atoms with E-state index in [0.717, 1.165) is 11.1 Å². The maximum atomic E-state index is 13.8. The van der Waals surface area contributed by atoms with Crippen LogP contribution in [0.2, 0.25) is 0 Å². The molecule has 0 radical (unpaired) electrons. The van der Waals surface area contributed by atoms with Crippen LogP contribution in [0.25, 0.3) is 0 Å². The first kappa shape index (κ1) is 21.3. The number of non-ortho nitro benzene ring substituents is 1. The quantitative estimate of drug-likeness (QED) is 0.322. The molecule has 1 aromatic heterocycles. The van der Waals surface area contributed by atoms with Gasteiger partial charge in [-0.3, -0.25) is 19.8 Å². The number of carbonyl (C=O) groups is 1. The monoisotopic (exact) mass is 455 g/mol. The molecule has 0 saturated heterocycles. The lowest BCUT2D eigenvalue weighted by atomic mass is 9.91. The molecule has 0 spiro atoms. The number of hydrogen-bond acceptors (Lipinski definition) is 6. The number of fused-ring (bicyclic) bond motifs is 1. The standard InChI is InChI=1S/C25H21N5O4/c1-34-21-12-10-18(11-13-21)22-15-23(17-6-3-2-4-7-17)29-25(26-16-27-29)28(22)24(31)19-8-5-9-20(14-19)30(32)33/h2-14,16,22-23H,15H2,1H3/t22-,23+/m0/s1. The highest BCUT2D eigenvalue weighted by Crippen LogP contribution is 2.42. The van der Waals surface area contributed by atoms with Gasteiger partial charge in [0, 0.05) is 17.7 Å². The van der Waals surface area contributed by atoms with Crippen molar-refractivity contribution in [1.29, 1.82) is 0 Å². The maximum absolute atomic E-state index is 13.8. The van der Waals surface area contributed by atoms with Crippen molar-refractivity contribution in [2.24, 2.45) is 0 Å². The Morgan fingerprint density at radius 3 is 2.44 bits per heavy atom. The predicted octanol–water partition coefficient (Wildman–Crippen LogP) is 4.58. The van der Waals surface area contributed by atoms with E-state index < -0.39 is 4.92 Å². The van der Waals surface area contributed by atoms with Crippen molar-refractivity contribution < 1.29 is 14.5 Å². The minimum absolute atomic E-state index is 0.139. The number of carbonyl (C=O) groups excluding carboxylic acids is 1. The van der Waals surface area contributed by atoms with Crippen molar-refractivity contribution in [2.45, 2.75) is 18.5 Å². The lowest BCUT2D eigenvalue weighted by Gasteiger charge is -2.39. The third-order valence-corrected chi connectivity index (χ3v) is 6.03. The number of amides is 1. The number of rotatable bonds is 5. The van der Waals surface area contributed by atoms with Crippen LogP contribution in [0.3, 0.4) is 0 Å². The Kier molecular flexibility index (Phi) is 5.51. The van der Waals surface area contributed by atoms with Crippen LogP contribution in [0.15, 0.2) is 85.2 Å². The van der Waals surface area contributed by atoms with Gasteiger partial charge in [0.25, 0.3) is 11.6 Å². The Labute approximate surface area is 195 Å². The van der Waals surface area contributed by atoms with E-state index in [1.165, 1.54) is 24.5 Å². The first-order valence-electron chi connectivity index (χ1n) is 10.7. The van der Waals surface area contributed by atoms with E-state index in [2.05, 4.69) is 10.1 Å². The zero-order valence-electron chi connectivity index (χ0n) is 18.3. The van der Waals surface area contributed by atoms with E-state index in [1.54, 1.807) is 22.8 Å². The molecule has 0 unspecified atom stereocenters. The molecule has 0 saturated carbocycles. The summed E-state index contributed by atoms with van der Waals surface area (Å²) in [6, 6.07) is 22.7. The number of benzene rings is 3. The summed E-state index contributed by atoms with van der Waals surface area (Å²) >= 11 is 0. The number of nitro benzene ring substituents is 1. The van der Waals surface area contributed by atoms with Crippen molar-refractivity contribution in [2.75, 3.05) is 12.0 Å². The molecule has 1 aliphatic heterocycles. The van der Waals surface area contributed by atoms with E-state index in [0.29, 0.717) is 18.1 Å². The highest BCUT2D eigenvalue weighted by Gasteiger charge is 2.40. The predicted molar refractivity (Wildman–Crippen MR) is 125 cm³/mol. The second-order valence-electron chi connectivity index (χ2n) is 7.94. The first-order chi connectivity index (χ1) is 16.6. The summed E-state index contributed by atoms with van der Waals surface area (Å²) in [5, 5.41) is 15.7. The lowest BCUT2D eigenvalue weighted by molar-refractivity contribution is -0.384. The molecule has 5 rings (SSSR count). The second kappa shape index (κ2) is 8.78. The molecule has 0 fully saturated rings. The van der Waals surface area contributed by atoms with E-state index in [-0.39, 0.29) is 29.2 Å². The van der Waals surface area contributed by atoms with E-state index >= 15 is 0 Å². The number of methoxy groups -OCH3 is 1. The SMILES string of the molecule is COc1ccc([C@@H]2C[C@H](c3ccccc3)n3ncnc3N2C(=O)c2cccc([N+](=O)[O-])c2)cc1. The van der Waals surface area contributed by atoms with E-state index in [1.807, 2.05) is 54.6 Å². The molecule has 34 heavy (non-hydrogen) atoms. The van der Waals surface area contributed by atoms with Gasteiger partial charge in [-0.25, -0.2) is 4.68 Å². The molecular formula is C25H21N5O4. The molecule has 3 aromatic carbocycles. The highest BCUT2D eigenvalue weighted by atomic mass is 16.6. The normalized spacial score (nSPS) is 17.1. The third kappa shape index (κ3) is 3.77. The Hall–Kier alpha value is -4.53. The molecular weight excluding hydrogens is 434 g/mol. The van der Waals surface area contributed by atoms with Crippen LogP contribution in [0.1, 0.15) is 40.0 Å². The largest absolute Gasteiger partial charge is 0.497 e. The van der Waals surface area contributed by atoms with Crippen molar-refractivity contribution in [1.82, 2.24) is 14.8 Å². The summed E-state index contributed by atoms with van der Waals surface area (Å²) in [5.41, 5.74) is 2.01. The van der Waals surface area contributed by atoms with Crippen LogP contribution in [-0.4, -0.2) is 32.7 Å². The summed E-state index contributed by atoms with van der Waals surface area (Å²) in [5.74, 6) is 0.710. The third-order valence-electron chi connectivity index (χ3n) is 6.03. The smallest absolute Gasteiger partial charge is 0.270 e. The Morgan fingerprint density at radius 1 is 1.00 bits per heavy atom. The van der Waals surface area contributed by atoms with Crippen LogP contribution >= 0.6 is 0 Å². The van der Waals surface area contributed by atoms with Gasteiger partial charge in [0.1, 0.15) is 12.1 Å². The van der Waals surface area contributed by atoms with Gasteiger partial charge < -0.3 is 4.74 Å². The molecule has 170 valence electrons. The Balaban J connectivity index is 1.64.